The van der Waals surface area contributed by atoms with Gasteiger partial charge in [0, 0.05) is 0 Å². The first-order valence-corrected chi connectivity index (χ1v) is 8.57. The Morgan fingerprint density at radius 2 is 1.76 bits per heavy atom. The van der Waals surface area contributed by atoms with E-state index in [4.69, 9.17) is 10.5 Å². The van der Waals surface area contributed by atoms with Crippen molar-refractivity contribution in [3.63, 3.8) is 0 Å². The minimum atomic E-state index is -0.425. The Morgan fingerprint density at radius 3 is 2.60 bits per heavy atom. The molecule has 126 valence electrons. The molecule has 0 saturated heterocycles. The molecule has 2 N–H and O–H groups in total. The highest BCUT2D eigenvalue weighted by atomic mass is 16.5. The fourth-order valence-electron chi connectivity index (χ4n) is 3.46. The van der Waals surface area contributed by atoms with E-state index in [1.807, 2.05) is 0 Å². The third-order valence-corrected chi connectivity index (χ3v) is 4.84. The number of rotatable bonds is 2. The molecule has 3 aromatic rings. The molecule has 3 heteroatoms. The van der Waals surface area contributed by atoms with Crippen molar-refractivity contribution in [3.8, 4) is 11.1 Å². The van der Waals surface area contributed by atoms with E-state index in [9.17, 15) is 0 Å². The summed E-state index contributed by atoms with van der Waals surface area (Å²) in [5.41, 5.74) is 10.3. The van der Waals surface area contributed by atoms with Gasteiger partial charge in [0.2, 0.25) is 0 Å². The molecular weight excluding hydrogens is 308 g/mol. The second-order valence-electron chi connectivity index (χ2n) is 7.02. The van der Waals surface area contributed by atoms with Crippen molar-refractivity contribution < 1.29 is 4.74 Å². The molecule has 0 radical (unpaired) electrons. The first kappa shape index (κ1) is 15.9. The number of fused-ring (bicyclic) bond motifs is 1. The van der Waals surface area contributed by atoms with Gasteiger partial charge in [-0.2, -0.15) is 0 Å². The molecule has 0 saturated carbocycles. The molecule has 0 aromatic heterocycles. The zero-order valence-electron chi connectivity index (χ0n) is 14.6. The Labute approximate surface area is 148 Å². The summed E-state index contributed by atoms with van der Waals surface area (Å²) in [5, 5.41) is 2.52. The quantitative estimate of drug-likeness (QED) is 0.756. The van der Waals surface area contributed by atoms with Gasteiger partial charge < -0.3 is 10.5 Å². The topological polar surface area (TPSA) is 47.6 Å². The lowest BCUT2D eigenvalue weighted by Crippen LogP contribution is -2.37. The van der Waals surface area contributed by atoms with Gasteiger partial charge in [-0.1, -0.05) is 54.1 Å². The highest BCUT2D eigenvalue weighted by Crippen LogP contribution is 2.32. The van der Waals surface area contributed by atoms with Crippen LogP contribution in [0.4, 0.5) is 0 Å². The van der Waals surface area contributed by atoms with Gasteiger partial charge >= 0.3 is 0 Å². The monoisotopic (exact) mass is 330 g/mol. The zero-order chi connectivity index (χ0) is 17.4. The minimum Gasteiger partial charge on any atom is -0.386 e. The predicted molar refractivity (Wildman–Crippen MR) is 104 cm³/mol. The van der Waals surface area contributed by atoms with Crippen molar-refractivity contribution in [2.75, 3.05) is 13.2 Å². The molecule has 1 atom stereocenters. The van der Waals surface area contributed by atoms with Gasteiger partial charge in [0.1, 0.15) is 18.0 Å². The summed E-state index contributed by atoms with van der Waals surface area (Å²) in [7, 11) is 0. The van der Waals surface area contributed by atoms with Crippen LogP contribution in [0.15, 0.2) is 65.7 Å². The Morgan fingerprint density at radius 1 is 0.960 bits per heavy atom. The molecule has 25 heavy (non-hydrogen) atoms. The van der Waals surface area contributed by atoms with Crippen LogP contribution in [0.2, 0.25) is 0 Å². The summed E-state index contributed by atoms with van der Waals surface area (Å²) in [6.45, 7) is 5.16. The van der Waals surface area contributed by atoms with Gasteiger partial charge in [-0.25, -0.2) is 0 Å². The van der Waals surface area contributed by atoms with Crippen LogP contribution in [0.1, 0.15) is 18.1 Å². The fraction of sp³-hybridized carbons (Fsp3) is 0.227. The first-order chi connectivity index (χ1) is 12.0. The van der Waals surface area contributed by atoms with Gasteiger partial charge in [0.05, 0.1) is 6.61 Å². The van der Waals surface area contributed by atoms with Crippen molar-refractivity contribution >= 4 is 16.6 Å². The van der Waals surface area contributed by atoms with Crippen LogP contribution < -0.4 is 5.73 Å². The summed E-state index contributed by atoms with van der Waals surface area (Å²) in [6, 6.07) is 21.7. The van der Waals surface area contributed by atoms with E-state index in [0.717, 1.165) is 5.56 Å². The standard InChI is InChI=1S/C22H22N2O/c1-15-6-7-16-8-9-18(11-19(16)10-15)17-4-3-5-20(12-17)22(2)14-25-13-21(23)24-22/h3-12H,13-14H2,1-2H3,(H2,23,24). The number of hydrogen-bond donors (Lipinski definition) is 1. The molecule has 0 bridgehead atoms. The van der Waals surface area contributed by atoms with Crippen LogP contribution >= 0.6 is 0 Å². The fourth-order valence-corrected chi connectivity index (χ4v) is 3.46. The van der Waals surface area contributed by atoms with Crippen molar-refractivity contribution in [1.82, 2.24) is 0 Å². The number of amidine groups is 1. The third kappa shape index (κ3) is 3.03. The molecule has 4 rings (SSSR count). The summed E-state index contributed by atoms with van der Waals surface area (Å²) in [6.07, 6.45) is 0. The van der Waals surface area contributed by atoms with Gasteiger partial charge in [-0.15, -0.1) is 0 Å². The maximum atomic E-state index is 5.90. The van der Waals surface area contributed by atoms with Crippen LogP contribution in [0.3, 0.4) is 0 Å². The van der Waals surface area contributed by atoms with Gasteiger partial charge in [0.15, 0.2) is 0 Å². The molecule has 0 spiro atoms. The number of benzene rings is 3. The largest absolute Gasteiger partial charge is 0.386 e. The van der Waals surface area contributed by atoms with E-state index in [2.05, 4.69) is 79.5 Å². The Bertz CT molecular complexity index is 977. The summed E-state index contributed by atoms with van der Waals surface area (Å²) in [5.74, 6) is 0.556. The average molecular weight is 330 g/mol. The van der Waals surface area contributed by atoms with Gasteiger partial charge in [0.25, 0.3) is 0 Å². The molecular formula is C22H22N2O. The smallest absolute Gasteiger partial charge is 0.121 e. The number of nitrogens with two attached hydrogens (primary N) is 1. The zero-order valence-corrected chi connectivity index (χ0v) is 14.6. The molecule has 1 unspecified atom stereocenters. The Hall–Kier alpha value is -2.65. The normalized spacial score (nSPS) is 20.5. The van der Waals surface area contributed by atoms with Crippen LogP contribution in [-0.2, 0) is 10.3 Å². The van der Waals surface area contributed by atoms with Crippen LogP contribution in [0.5, 0.6) is 0 Å². The minimum absolute atomic E-state index is 0.416. The van der Waals surface area contributed by atoms with Gasteiger partial charge in [-0.05, 0) is 53.4 Å². The molecule has 0 aliphatic carbocycles. The number of aryl methyl sites for hydroxylation is 1. The van der Waals surface area contributed by atoms with E-state index >= 15 is 0 Å². The van der Waals surface area contributed by atoms with Crippen molar-refractivity contribution in [2.24, 2.45) is 10.7 Å². The Balaban J connectivity index is 1.78. The highest BCUT2D eigenvalue weighted by molar-refractivity contribution is 5.88. The lowest BCUT2D eigenvalue weighted by molar-refractivity contribution is 0.106. The number of ether oxygens (including phenoxy) is 1. The number of hydrogen-bond acceptors (Lipinski definition) is 3. The predicted octanol–water partition coefficient (Wildman–Crippen LogP) is 4.42. The number of nitrogens with zero attached hydrogens (tertiary/aromatic N) is 1. The molecule has 1 aliphatic heterocycles. The highest BCUT2D eigenvalue weighted by Gasteiger charge is 2.30. The second kappa shape index (κ2) is 6.01. The molecule has 1 aliphatic rings. The van der Waals surface area contributed by atoms with Crippen molar-refractivity contribution in [1.29, 1.82) is 0 Å². The lowest BCUT2D eigenvalue weighted by Gasteiger charge is -2.30. The van der Waals surface area contributed by atoms with Gasteiger partial charge in [-0.3, -0.25) is 4.99 Å². The van der Waals surface area contributed by atoms with E-state index in [0.29, 0.717) is 19.0 Å². The SMILES string of the molecule is Cc1ccc2ccc(-c3cccc(C4(C)COCC(N)=N4)c3)cc2c1. The van der Waals surface area contributed by atoms with E-state index in [1.54, 1.807) is 0 Å². The maximum Gasteiger partial charge on any atom is 0.121 e. The summed E-state index contributed by atoms with van der Waals surface area (Å²) in [4.78, 5) is 4.65. The van der Waals surface area contributed by atoms with Crippen LogP contribution in [0.25, 0.3) is 21.9 Å². The van der Waals surface area contributed by atoms with E-state index in [-0.39, 0.29) is 0 Å². The van der Waals surface area contributed by atoms with Crippen LogP contribution in [0, 0.1) is 6.92 Å². The maximum absolute atomic E-state index is 5.90. The first-order valence-electron chi connectivity index (χ1n) is 8.57. The lowest BCUT2D eigenvalue weighted by atomic mass is 9.90. The summed E-state index contributed by atoms with van der Waals surface area (Å²) >= 11 is 0. The van der Waals surface area contributed by atoms with Crippen LogP contribution in [-0.4, -0.2) is 19.0 Å². The molecule has 3 aromatic carbocycles. The number of aliphatic imine (C=N–C) groups is 1. The molecule has 0 fully saturated rings. The Kier molecular flexibility index (Phi) is 3.81. The molecule has 1 heterocycles. The molecule has 0 amide bonds. The van der Waals surface area contributed by atoms with Crippen molar-refractivity contribution in [3.05, 3.63) is 71.8 Å². The second-order valence-corrected chi connectivity index (χ2v) is 7.02. The third-order valence-electron chi connectivity index (χ3n) is 4.84. The van der Waals surface area contributed by atoms with E-state index in [1.165, 1.54) is 27.5 Å². The molecule has 3 nitrogen and oxygen atoms in total. The summed E-state index contributed by atoms with van der Waals surface area (Å²) < 4.78 is 5.61. The van der Waals surface area contributed by atoms with Crippen molar-refractivity contribution in [2.45, 2.75) is 19.4 Å². The van der Waals surface area contributed by atoms with E-state index < -0.39 is 5.54 Å². The average Bonchev–Trinajstić information content (AvgIpc) is 2.61.